The fraction of sp³-hybridized carbons (Fsp3) is 0.261. The minimum Gasteiger partial charge on any atom is -0.497 e. The van der Waals surface area contributed by atoms with E-state index in [2.05, 4.69) is 0 Å². The van der Waals surface area contributed by atoms with E-state index in [0.717, 1.165) is 16.9 Å². The summed E-state index contributed by atoms with van der Waals surface area (Å²) >= 11 is 1.03. The number of rotatable bonds is 6. The Morgan fingerprint density at radius 2 is 1.75 bits per heavy atom. The molecule has 2 aromatic carbocycles. The summed E-state index contributed by atoms with van der Waals surface area (Å²) in [6.45, 7) is -0.286. The highest BCUT2D eigenvalue weighted by atomic mass is 32.1. The summed E-state index contributed by atoms with van der Waals surface area (Å²) in [6, 6.07) is 14.4. The van der Waals surface area contributed by atoms with Crippen LogP contribution in [0.15, 0.2) is 53.3 Å². The van der Waals surface area contributed by atoms with Gasteiger partial charge in [-0.05, 0) is 42.0 Å². The fourth-order valence-electron chi connectivity index (χ4n) is 3.81. The fourth-order valence-corrected chi connectivity index (χ4v) is 4.91. The molecule has 0 saturated heterocycles. The Kier molecular flexibility index (Phi) is 6.00. The smallest absolute Gasteiger partial charge is 0.325 e. The molecule has 0 spiro atoms. The van der Waals surface area contributed by atoms with Gasteiger partial charge in [-0.1, -0.05) is 23.5 Å². The number of benzene rings is 2. The number of methoxy groups -OCH3 is 3. The number of esters is 1. The van der Waals surface area contributed by atoms with Gasteiger partial charge in [0.2, 0.25) is 5.91 Å². The van der Waals surface area contributed by atoms with Gasteiger partial charge in [-0.15, -0.1) is 0 Å². The van der Waals surface area contributed by atoms with Gasteiger partial charge in [0.05, 0.1) is 31.9 Å². The van der Waals surface area contributed by atoms with E-state index >= 15 is 0 Å². The van der Waals surface area contributed by atoms with Crippen LogP contribution in [0.5, 0.6) is 11.5 Å². The zero-order valence-electron chi connectivity index (χ0n) is 17.9. The Morgan fingerprint density at radius 1 is 1.03 bits per heavy atom. The summed E-state index contributed by atoms with van der Waals surface area (Å²) in [4.78, 5) is 40.3. The summed E-state index contributed by atoms with van der Waals surface area (Å²) < 4.78 is 16.6. The quantitative estimate of drug-likeness (QED) is 0.531. The van der Waals surface area contributed by atoms with E-state index < -0.39 is 5.97 Å². The van der Waals surface area contributed by atoms with Crippen LogP contribution in [0.3, 0.4) is 0 Å². The standard InChI is InChI=1S/C23H22N2O6S/c1-29-16-9-7-15(8-10-16)25-19(26)12-18(14-5-4-6-17(11-14)30-2)21-22(25)24(23(28)32-21)13-20(27)31-3/h4-11,18H,12-13H2,1-3H3/t18-/m1/s1. The van der Waals surface area contributed by atoms with E-state index in [9.17, 15) is 14.4 Å². The third kappa shape index (κ3) is 3.87. The second-order valence-electron chi connectivity index (χ2n) is 7.18. The third-order valence-electron chi connectivity index (χ3n) is 5.39. The highest BCUT2D eigenvalue weighted by Crippen LogP contribution is 2.45. The van der Waals surface area contributed by atoms with Crippen molar-refractivity contribution in [3.8, 4) is 11.5 Å². The SMILES string of the molecule is COC(=O)Cn1c2c(sc1=O)[C@@H](c1cccc(OC)c1)CC(=O)N2c1ccc(OC)cc1. The van der Waals surface area contributed by atoms with Crippen LogP contribution in [0.25, 0.3) is 0 Å². The molecule has 3 aromatic rings. The van der Waals surface area contributed by atoms with Crippen LogP contribution in [0.1, 0.15) is 22.8 Å². The maximum atomic E-state index is 13.4. The maximum Gasteiger partial charge on any atom is 0.325 e. The molecule has 1 aromatic heterocycles. The maximum absolute atomic E-state index is 13.4. The van der Waals surface area contributed by atoms with E-state index in [1.54, 1.807) is 38.5 Å². The highest BCUT2D eigenvalue weighted by molar-refractivity contribution is 7.10. The van der Waals surface area contributed by atoms with Gasteiger partial charge in [0, 0.05) is 12.3 Å². The molecule has 4 rings (SSSR count). The molecule has 1 atom stereocenters. The lowest BCUT2D eigenvalue weighted by Crippen LogP contribution is -2.36. The first-order chi connectivity index (χ1) is 15.5. The van der Waals surface area contributed by atoms with E-state index in [1.165, 1.54) is 16.6 Å². The van der Waals surface area contributed by atoms with E-state index in [1.807, 2.05) is 24.3 Å². The summed E-state index contributed by atoms with van der Waals surface area (Å²) in [5.74, 6) is 0.601. The number of nitrogens with zero attached hydrogens (tertiary/aromatic N) is 2. The number of hydrogen-bond donors (Lipinski definition) is 0. The molecule has 166 valence electrons. The van der Waals surface area contributed by atoms with Crippen LogP contribution in [-0.4, -0.2) is 37.8 Å². The van der Waals surface area contributed by atoms with Crippen LogP contribution < -0.4 is 19.2 Å². The normalized spacial score (nSPS) is 15.3. The second kappa shape index (κ2) is 8.88. The molecule has 0 unspecified atom stereocenters. The van der Waals surface area contributed by atoms with Crippen LogP contribution in [0.2, 0.25) is 0 Å². The van der Waals surface area contributed by atoms with Gasteiger partial charge in [-0.25, -0.2) is 0 Å². The van der Waals surface area contributed by atoms with E-state index in [-0.39, 0.29) is 29.7 Å². The van der Waals surface area contributed by atoms with Crippen LogP contribution in [0.4, 0.5) is 11.5 Å². The highest BCUT2D eigenvalue weighted by Gasteiger charge is 2.38. The molecule has 0 radical (unpaired) electrons. The summed E-state index contributed by atoms with van der Waals surface area (Å²) in [7, 11) is 4.40. The Hall–Kier alpha value is -3.59. The van der Waals surface area contributed by atoms with Gasteiger partial charge in [0.1, 0.15) is 23.9 Å². The number of ether oxygens (including phenoxy) is 3. The number of carbonyl (C=O) groups excluding carboxylic acids is 2. The summed E-state index contributed by atoms with van der Waals surface area (Å²) in [5.41, 5.74) is 1.44. The lowest BCUT2D eigenvalue weighted by atomic mass is 9.90. The Labute approximate surface area is 188 Å². The number of thiazole rings is 1. The molecule has 0 N–H and O–H groups in total. The first kappa shape index (κ1) is 21.6. The molecule has 0 aliphatic carbocycles. The first-order valence-corrected chi connectivity index (χ1v) is 10.7. The van der Waals surface area contributed by atoms with E-state index in [0.29, 0.717) is 27.9 Å². The molecule has 32 heavy (non-hydrogen) atoms. The molecule has 0 saturated carbocycles. The van der Waals surface area contributed by atoms with Gasteiger partial charge in [0.25, 0.3) is 0 Å². The minimum absolute atomic E-state index is 0.171. The first-order valence-electron chi connectivity index (χ1n) is 9.88. The van der Waals surface area contributed by atoms with Gasteiger partial charge in [0.15, 0.2) is 0 Å². The van der Waals surface area contributed by atoms with Gasteiger partial charge in [-0.3, -0.25) is 23.9 Å². The lowest BCUT2D eigenvalue weighted by Gasteiger charge is -2.32. The Morgan fingerprint density at radius 3 is 2.41 bits per heavy atom. The predicted molar refractivity (Wildman–Crippen MR) is 120 cm³/mol. The average Bonchev–Trinajstić information content (AvgIpc) is 3.14. The molecule has 0 bridgehead atoms. The van der Waals surface area contributed by atoms with Crippen molar-refractivity contribution >= 4 is 34.7 Å². The molecular formula is C23H22N2O6S. The third-order valence-corrected chi connectivity index (χ3v) is 6.47. The molecule has 1 aliphatic heterocycles. The predicted octanol–water partition coefficient (Wildman–Crippen LogP) is 3.30. The number of aromatic nitrogens is 1. The summed E-state index contributed by atoms with van der Waals surface area (Å²) in [6.07, 6.45) is 0.171. The monoisotopic (exact) mass is 454 g/mol. The zero-order valence-corrected chi connectivity index (χ0v) is 18.7. The van der Waals surface area contributed by atoms with Crippen LogP contribution >= 0.6 is 11.3 Å². The molecule has 1 aliphatic rings. The van der Waals surface area contributed by atoms with Crippen molar-refractivity contribution in [2.75, 3.05) is 26.2 Å². The van der Waals surface area contributed by atoms with Gasteiger partial charge >= 0.3 is 10.8 Å². The number of amides is 1. The van der Waals surface area contributed by atoms with Crippen molar-refractivity contribution < 1.29 is 23.8 Å². The lowest BCUT2D eigenvalue weighted by molar-refractivity contribution is -0.141. The molecule has 9 heteroatoms. The van der Waals surface area contributed by atoms with Crippen molar-refractivity contribution in [3.05, 3.63) is 68.6 Å². The summed E-state index contributed by atoms with van der Waals surface area (Å²) in [5, 5.41) is 0. The largest absolute Gasteiger partial charge is 0.497 e. The van der Waals surface area contributed by atoms with Crippen molar-refractivity contribution in [3.63, 3.8) is 0 Å². The number of hydrogen-bond acceptors (Lipinski definition) is 7. The van der Waals surface area contributed by atoms with E-state index in [4.69, 9.17) is 14.2 Å². The topological polar surface area (TPSA) is 87.1 Å². The molecule has 8 nitrogen and oxygen atoms in total. The van der Waals surface area contributed by atoms with Crippen molar-refractivity contribution in [1.82, 2.24) is 4.57 Å². The Balaban J connectivity index is 1.89. The molecule has 1 amide bonds. The second-order valence-corrected chi connectivity index (χ2v) is 8.17. The molecule has 2 heterocycles. The van der Waals surface area contributed by atoms with Crippen molar-refractivity contribution in [2.45, 2.75) is 18.9 Å². The van der Waals surface area contributed by atoms with Crippen molar-refractivity contribution in [2.24, 2.45) is 0 Å². The number of fused-ring (bicyclic) bond motifs is 1. The van der Waals surface area contributed by atoms with Crippen molar-refractivity contribution in [1.29, 1.82) is 0 Å². The number of carbonyl (C=O) groups is 2. The average molecular weight is 455 g/mol. The van der Waals surface area contributed by atoms with Gasteiger partial charge in [-0.2, -0.15) is 0 Å². The molecular weight excluding hydrogens is 432 g/mol. The number of anilines is 2. The minimum atomic E-state index is -0.571. The van der Waals surface area contributed by atoms with Gasteiger partial charge < -0.3 is 14.2 Å². The van der Waals surface area contributed by atoms with Crippen LogP contribution in [-0.2, 0) is 20.9 Å². The van der Waals surface area contributed by atoms with Crippen LogP contribution in [0, 0.1) is 0 Å². The Bertz CT molecular complexity index is 1210. The molecule has 0 fully saturated rings. The zero-order chi connectivity index (χ0) is 22.8.